The third kappa shape index (κ3) is 1.86. The predicted octanol–water partition coefficient (Wildman–Crippen LogP) is 3.30. The van der Waals surface area contributed by atoms with Gasteiger partial charge in [0.05, 0.1) is 21.1 Å². The van der Waals surface area contributed by atoms with Crippen LogP contribution >= 0.6 is 11.3 Å². The molecule has 0 N–H and O–H groups in total. The van der Waals surface area contributed by atoms with Crippen LogP contribution in [0.2, 0.25) is 0 Å². The van der Waals surface area contributed by atoms with Crippen molar-refractivity contribution >= 4 is 32.5 Å². The van der Waals surface area contributed by atoms with Gasteiger partial charge < -0.3 is 0 Å². The smallest absolute Gasteiger partial charge is 0.267 e. The molecule has 4 nitrogen and oxygen atoms in total. The largest absolute Gasteiger partial charge is 0.268 e. The summed E-state index contributed by atoms with van der Waals surface area (Å²) in [5.74, 6) is 0.651. The summed E-state index contributed by atoms with van der Waals surface area (Å²) in [5.41, 5.74) is 1.55. The van der Waals surface area contributed by atoms with E-state index in [0.717, 1.165) is 15.7 Å². The Hall–Kier alpha value is -2.53. The zero-order valence-electron chi connectivity index (χ0n) is 11.3. The first-order chi connectivity index (χ1) is 10.2. The number of aromatic nitrogens is 3. The van der Waals surface area contributed by atoms with E-state index in [1.807, 2.05) is 49.4 Å². The van der Waals surface area contributed by atoms with Crippen molar-refractivity contribution in [2.45, 2.75) is 6.92 Å². The third-order valence-corrected chi connectivity index (χ3v) is 4.44. The maximum atomic E-state index is 12.7. The van der Waals surface area contributed by atoms with Gasteiger partial charge in [0, 0.05) is 0 Å². The van der Waals surface area contributed by atoms with Gasteiger partial charge in [-0.25, -0.2) is 14.5 Å². The molecule has 0 aliphatic heterocycles. The van der Waals surface area contributed by atoms with E-state index >= 15 is 0 Å². The topological polar surface area (TPSA) is 47.8 Å². The molecule has 4 aromatic rings. The van der Waals surface area contributed by atoms with Crippen molar-refractivity contribution in [3.05, 3.63) is 64.7 Å². The third-order valence-electron chi connectivity index (χ3n) is 3.42. The summed E-state index contributed by atoms with van der Waals surface area (Å²) in [7, 11) is 0. The van der Waals surface area contributed by atoms with Crippen molar-refractivity contribution in [2.24, 2.45) is 0 Å². The minimum atomic E-state index is -0.0721. The molecule has 0 radical (unpaired) electrons. The Balaban J connectivity index is 2.08. The lowest BCUT2D eigenvalue weighted by atomic mass is 10.2. The molecule has 0 fully saturated rings. The first-order valence-electron chi connectivity index (χ1n) is 6.58. The SMILES string of the molecule is Cc1nc2ccccc2c(=O)n1-c1nc2ccccc2s1. The highest BCUT2D eigenvalue weighted by atomic mass is 32.1. The van der Waals surface area contributed by atoms with Crippen molar-refractivity contribution < 1.29 is 0 Å². The van der Waals surface area contributed by atoms with Gasteiger partial charge in [-0.15, -0.1) is 0 Å². The molecule has 0 aliphatic rings. The number of hydrogen-bond acceptors (Lipinski definition) is 4. The molecule has 0 saturated heterocycles. The summed E-state index contributed by atoms with van der Waals surface area (Å²) < 4.78 is 2.65. The van der Waals surface area contributed by atoms with Crippen molar-refractivity contribution in [3.63, 3.8) is 0 Å². The number of para-hydroxylation sites is 2. The normalized spacial score (nSPS) is 11.3. The fraction of sp³-hybridized carbons (Fsp3) is 0.0625. The van der Waals surface area contributed by atoms with E-state index in [9.17, 15) is 4.79 Å². The minimum Gasteiger partial charge on any atom is -0.268 e. The lowest BCUT2D eigenvalue weighted by Gasteiger charge is -2.07. The summed E-state index contributed by atoms with van der Waals surface area (Å²) in [6.45, 7) is 1.83. The van der Waals surface area contributed by atoms with Crippen LogP contribution in [0.4, 0.5) is 0 Å². The van der Waals surface area contributed by atoms with Crippen LogP contribution in [0, 0.1) is 6.92 Å². The first-order valence-corrected chi connectivity index (χ1v) is 7.40. The second-order valence-electron chi connectivity index (χ2n) is 4.78. The Morgan fingerprint density at radius 3 is 2.48 bits per heavy atom. The fourth-order valence-corrected chi connectivity index (χ4v) is 3.44. The van der Waals surface area contributed by atoms with Crippen LogP contribution in [-0.2, 0) is 0 Å². The van der Waals surface area contributed by atoms with E-state index < -0.39 is 0 Å². The number of benzene rings is 2. The quantitative estimate of drug-likeness (QED) is 0.541. The van der Waals surface area contributed by atoms with E-state index in [1.54, 1.807) is 10.6 Å². The van der Waals surface area contributed by atoms with Crippen LogP contribution in [0.3, 0.4) is 0 Å². The molecule has 5 heteroatoms. The Bertz CT molecular complexity index is 999. The van der Waals surface area contributed by atoms with Crippen molar-refractivity contribution in [3.8, 4) is 5.13 Å². The van der Waals surface area contributed by atoms with Gasteiger partial charge in [-0.1, -0.05) is 35.6 Å². The molecular formula is C16H11N3OS. The standard InChI is InChI=1S/C16H11N3OS/c1-10-17-12-7-3-2-6-11(12)15(20)19(10)16-18-13-8-4-5-9-14(13)21-16/h2-9H,1H3. The number of hydrogen-bond donors (Lipinski definition) is 0. The van der Waals surface area contributed by atoms with Crippen molar-refractivity contribution in [1.29, 1.82) is 0 Å². The highest BCUT2D eigenvalue weighted by Crippen LogP contribution is 2.24. The summed E-state index contributed by atoms with van der Waals surface area (Å²) in [5, 5.41) is 1.28. The maximum absolute atomic E-state index is 12.7. The zero-order valence-corrected chi connectivity index (χ0v) is 12.1. The minimum absolute atomic E-state index is 0.0721. The molecule has 0 bridgehead atoms. The van der Waals surface area contributed by atoms with Gasteiger partial charge in [-0.3, -0.25) is 4.79 Å². The van der Waals surface area contributed by atoms with Gasteiger partial charge in [0.1, 0.15) is 5.82 Å². The fourth-order valence-electron chi connectivity index (χ4n) is 2.42. The molecule has 2 aromatic carbocycles. The molecule has 0 saturated carbocycles. The molecule has 102 valence electrons. The Labute approximate surface area is 124 Å². The summed E-state index contributed by atoms with van der Waals surface area (Å²) in [6, 6.07) is 15.3. The summed E-state index contributed by atoms with van der Waals surface area (Å²) in [6.07, 6.45) is 0. The average molecular weight is 293 g/mol. The second kappa shape index (κ2) is 4.49. The first kappa shape index (κ1) is 12.2. The molecule has 2 heterocycles. The second-order valence-corrected chi connectivity index (χ2v) is 5.79. The predicted molar refractivity (Wildman–Crippen MR) is 85.3 cm³/mol. The number of rotatable bonds is 1. The zero-order chi connectivity index (χ0) is 14.4. The van der Waals surface area contributed by atoms with Crippen molar-refractivity contribution in [1.82, 2.24) is 14.5 Å². The van der Waals surface area contributed by atoms with Crippen LogP contribution in [0.5, 0.6) is 0 Å². The molecule has 0 aliphatic carbocycles. The number of nitrogens with zero attached hydrogens (tertiary/aromatic N) is 3. The molecule has 2 aromatic heterocycles. The molecule has 0 atom stereocenters. The monoisotopic (exact) mass is 293 g/mol. The molecule has 0 spiro atoms. The molecule has 0 amide bonds. The number of thiazole rings is 1. The van der Waals surface area contributed by atoms with Gasteiger partial charge >= 0.3 is 0 Å². The van der Waals surface area contributed by atoms with Crippen LogP contribution in [0.15, 0.2) is 53.3 Å². The van der Waals surface area contributed by atoms with Crippen LogP contribution < -0.4 is 5.56 Å². The van der Waals surface area contributed by atoms with E-state index in [2.05, 4.69) is 9.97 Å². The number of aryl methyl sites for hydroxylation is 1. The van der Waals surface area contributed by atoms with Gasteiger partial charge in [-0.2, -0.15) is 0 Å². The average Bonchev–Trinajstić information content (AvgIpc) is 2.90. The highest BCUT2D eigenvalue weighted by Gasteiger charge is 2.13. The highest BCUT2D eigenvalue weighted by molar-refractivity contribution is 7.20. The van der Waals surface area contributed by atoms with Crippen LogP contribution in [0.1, 0.15) is 5.82 Å². The van der Waals surface area contributed by atoms with Gasteiger partial charge in [0.15, 0.2) is 5.13 Å². The van der Waals surface area contributed by atoms with E-state index in [1.165, 1.54) is 11.3 Å². The van der Waals surface area contributed by atoms with Crippen molar-refractivity contribution in [2.75, 3.05) is 0 Å². The summed E-state index contributed by atoms with van der Waals surface area (Å²) >= 11 is 1.50. The van der Waals surface area contributed by atoms with Gasteiger partial charge in [0.25, 0.3) is 5.56 Å². The van der Waals surface area contributed by atoms with Gasteiger partial charge in [0.2, 0.25) is 0 Å². The molecule has 21 heavy (non-hydrogen) atoms. The lowest BCUT2D eigenvalue weighted by molar-refractivity contribution is 0.888. The van der Waals surface area contributed by atoms with E-state index in [0.29, 0.717) is 16.3 Å². The Kier molecular flexibility index (Phi) is 2.62. The molecule has 4 rings (SSSR count). The van der Waals surface area contributed by atoms with E-state index in [-0.39, 0.29) is 5.56 Å². The molecule has 0 unspecified atom stereocenters. The van der Waals surface area contributed by atoms with Crippen LogP contribution in [0.25, 0.3) is 26.3 Å². The lowest BCUT2D eigenvalue weighted by Crippen LogP contribution is -2.22. The summed E-state index contributed by atoms with van der Waals surface area (Å²) in [4.78, 5) is 21.8. The van der Waals surface area contributed by atoms with E-state index in [4.69, 9.17) is 0 Å². The Morgan fingerprint density at radius 1 is 0.952 bits per heavy atom. The molecular weight excluding hydrogens is 282 g/mol. The Morgan fingerprint density at radius 2 is 1.67 bits per heavy atom. The maximum Gasteiger partial charge on any atom is 0.267 e. The number of fused-ring (bicyclic) bond motifs is 2. The van der Waals surface area contributed by atoms with Crippen LogP contribution in [-0.4, -0.2) is 14.5 Å². The van der Waals surface area contributed by atoms with Gasteiger partial charge in [-0.05, 0) is 31.2 Å².